The van der Waals surface area contributed by atoms with Crippen molar-refractivity contribution in [3.63, 3.8) is 0 Å². The standard InChI is InChI=1S/C32H40Cl2N4O3S2/c1-4-5-14-43-31(42)38-12-10-36(11-13-38)18-25-15-23(2)30(24(3)16-25)39-19-27-20-40-32(41-27,21-37-9-8-35-22-37)28-7-6-26(33)17-29(28)34/h6-9,15-17,22,27H,4-5,10-14,18-21H2,1-3H3. The molecule has 0 saturated carbocycles. The maximum atomic E-state index is 6.62. The SMILES string of the molecule is CCCCSC(=S)N1CCN(Cc2cc(C)c(OCC3COC(Cn4ccnc4)(c4ccc(Cl)cc4Cl)O3)c(C)c2)CC1. The van der Waals surface area contributed by atoms with Crippen molar-refractivity contribution in [2.45, 2.75) is 58.6 Å². The Morgan fingerprint density at radius 2 is 1.91 bits per heavy atom. The fraction of sp³-hybridized carbons (Fsp3) is 0.500. The number of aromatic nitrogens is 2. The lowest BCUT2D eigenvalue weighted by Gasteiger charge is -2.36. The molecule has 2 saturated heterocycles. The van der Waals surface area contributed by atoms with Gasteiger partial charge in [-0.05, 0) is 49.1 Å². The van der Waals surface area contributed by atoms with E-state index in [0.29, 0.717) is 29.8 Å². The molecule has 3 heterocycles. The van der Waals surface area contributed by atoms with Crippen molar-refractivity contribution < 1.29 is 14.2 Å². The Labute approximate surface area is 274 Å². The number of nitrogens with zero attached hydrogens (tertiary/aromatic N) is 4. The monoisotopic (exact) mass is 662 g/mol. The number of hydrogen-bond acceptors (Lipinski definition) is 7. The Kier molecular flexibility index (Phi) is 11.3. The highest BCUT2D eigenvalue weighted by atomic mass is 35.5. The van der Waals surface area contributed by atoms with Crippen LogP contribution in [-0.2, 0) is 28.4 Å². The molecule has 1 aromatic heterocycles. The number of imidazole rings is 1. The highest BCUT2D eigenvalue weighted by Crippen LogP contribution is 2.41. The molecule has 2 aliphatic rings. The largest absolute Gasteiger partial charge is 0.490 e. The van der Waals surface area contributed by atoms with E-state index in [0.717, 1.165) is 65.2 Å². The second-order valence-electron chi connectivity index (χ2n) is 11.3. The van der Waals surface area contributed by atoms with Crippen molar-refractivity contribution in [2.24, 2.45) is 0 Å². The van der Waals surface area contributed by atoms with Gasteiger partial charge in [0, 0.05) is 61.5 Å². The first kappa shape index (κ1) is 32.5. The lowest BCUT2D eigenvalue weighted by Crippen LogP contribution is -2.47. The molecule has 0 amide bonds. The van der Waals surface area contributed by atoms with E-state index >= 15 is 0 Å². The number of hydrogen-bond donors (Lipinski definition) is 0. The summed E-state index contributed by atoms with van der Waals surface area (Å²) < 4.78 is 22.2. The Morgan fingerprint density at radius 3 is 2.58 bits per heavy atom. The quantitative estimate of drug-likeness (QED) is 0.159. The summed E-state index contributed by atoms with van der Waals surface area (Å²) in [6.07, 6.45) is 7.48. The molecular formula is C32H40Cl2N4O3S2. The number of unbranched alkanes of at least 4 members (excludes halogenated alkanes) is 1. The third-order valence-electron chi connectivity index (χ3n) is 7.84. The smallest absolute Gasteiger partial charge is 0.215 e. The van der Waals surface area contributed by atoms with Gasteiger partial charge < -0.3 is 23.7 Å². The molecule has 2 fully saturated rings. The first-order valence-corrected chi connectivity index (χ1v) is 17.0. The molecule has 43 heavy (non-hydrogen) atoms. The molecular weight excluding hydrogens is 623 g/mol. The number of benzene rings is 2. The Morgan fingerprint density at radius 1 is 1.14 bits per heavy atom. The zero-order chi connectivity index (χ0) is 30.4. The average molecular weight is 664 g/mol. The van der Waals surface area contributed by atoms with Gasteiger partial charge in [-0.1, -0.05) is 78.7 Å². The van der Waals surface area contributed by atoms with Gasteiger partial charge in [0.2, 0.25) is 5.79 Å². The van der Waals surface area contributed by atoms with E-state index in [1.165, 1.54) is 18.4 Å². The number of thioether (sulfide) groups is 1. The molecule has 2 aliphatic heterocycles. The fourth-order valence-corrected chi connectivity index (χ4v) is 7.61. The summed E-state index contributed by atoms with van der Waals surface area (Å²) in [5.74, 6) is 0.931. The van der Waals surface area contributed by atoms with Crippen LogP contribution in [0.3, 0.4) is 0 Å². The van der Waals surface area contributed by atoms with Crippen LogP contribution in [0.2, 0.25) is 10.0 Å². The third kappa shape index (κ3) is 8.25. The van der Waals surface area contributed by atoms with Crippen LogP contribution >= 0.6 is 47.2 Å². The van der Waals surface area contributed by atoms with Crippen molar-refractivity contribution >= 4 is 51.5 Å². The van der Waals surface area contributed by atoms with Crippen LogP contribution in [0, 0.1) is 13.8 Å². The van der Waals surface area contributed by atoms with Crippen molar-refractivity contribution in [3.05, 3.63) is 81.4 Å². The molecule has 0 spiro atoms. The first-order valence-electron chi connectivity index (χ1n) is 14.9. The van der Waals surface area contributed by atoms with Gasteiger partial charge >= 0.3 is 0 Å². The number of aryl methyl sites for hydroxylation is 2. The molecule has 11 heteroatoms. The van der Waals surface area contributed by atoms with Crippen LogP contribution in [0.15, 0.2) is 49.1 Å². The van der Waals surface area contributed by atoms with Crippen LogP contribution < -0.4 is 4.74 Å². The molecule has 0 bridgehead atoms. The van der Waals surface area contributed by atoms with Crippen LogP contribution in [0.25, 0.3) is 0 Å². The first-order chi connectivity index (χ1) is 20.8. The molecule has 2 atom stereocenters. The summed E-state index contributed by atoms with van der Waals surface area (Å²) in [4.78, 5) is 9.04. The van der Waals surface area contributed by atoms with E-state index in [4.69, 9.17) is 49.6 Å². The fourth-order valence-electron chi connectivity index (χ4n) is 5.65. The van der Waals surface area contributed by atoms with Crippen LogP contribution in [0.1, 0.15) is 42.0 Å². The Bertz CT molecular complexity index is 1360. The van der Waals surface area contributed by atoms with Crippen molar-refractivity contribution in [1.82, 2.24) is 19.4 Å². The number of halogens is 2. The average Bonchev–Trinajstić information content (AvgIpc) is 3.63. The van der Waals surface area contributed by atoms with E-state index in [2.05, 4.69) is 47.7 Å². The van der Waals surface area contributed by atoms with Gasteiger partial charge in [0.1, 0.15) is 22.8 Å². The van der Waals surface area contributed by atoms with Gasteiger partial charge in [0.05, 0.1) is 24.5 Å². The second-order valence-corrected chi connectivity index (χ2v) is 13.8. The third-order valence-corrected chi connectivity index (χ3v) is 10.0. The van der Waals surface area contributed by atoms with E-state index in [-0.39, 0.29) is 6.10 Å². The predicted octanol–water partition coefficient (Wildman–Crippen LogP) is 7.09. The van der Waals surface area contributed by atoms with E-state index in [9.17, 15) is 0 Å². The summed E-state index contributed by atoms with van der Waals surface area (Å²) in [5.41, 5.74) is 4.26. The van der Waals surface area contributed by atoms with Gasteiger partial charge in [-0.3, -0.25) is 4.90 Å². The Hall–Kier alpha value is -1.85. The summed E-state index contributed by atoms with van der Waals surface area (Å²) >= 11 is 20.3. The maximum absolute atomic E-state index is 6.62. The van der Waals surface area contributed by atoms with Crippen molar-refractivity contribution in [3.8, 4) is 5.75 Å². The number of piperazine rings is 1. The molecule has 0 aliphatic carbocycles. The number of thiocarbonyl (C=S) groups is 1. The molecule has 5 rings (SSSR count). The maximum Gasteiger partial charge on any atom is 0.215 e. The van der Waals surface area contributed by atoms with E-state index in [1.54, 1.807) is 24.7 Å². The molecule has 2 aromatic carbocycles. The van der Waals surface area contributed by atoms with Crippen LogP contribution in [-0.4, -0.2) is 74.9 Å². The summed E-state index contributed by atoms with van der Waals surface area (Å²) in [7, 11) is 0. The van der Waals surface area contributed by atoms with Gasteiger partial charge in [-0.15, -0.1) is 0 Å². The van der Waals surface area contributed by atoms with Crippen LogP contribution in [0.5, 0.6) is 5.75 Å². The molecule has 0 radical (unpaired) electrons. The highest BCUT2D eigenvalue weighted by Gasteiger charge is 2.45. The van der Waals surface area contributed by atoms with E-state index in [1.807, 2.05) is 28.6 Å². The van der Waals surface area contributed by atoms with Gasteiger partial charge in [-0.2, -0.15) is 0 Å². The minimum absolute atomic E-state index is 0.281. The Balaban J connectivity index is 1.18. The summed E-state index contributed by atoms with van der Waals surface area (Å²) in [6.45, 7) is 12.5. The lowest BCUT2D eigenvalue weighted by atomic mass is 10.0. The second kappa shape index (κ2) is 15.0. The van der Waals surface area contributed by atoms with E-state index < -0.39 is 5.79 Å². The zero-order valence-corrected chi connectivity index (χ0v) is 28.2. The zero-order valence-electron chi connectivity index (χ0n) is 25.1. The predicted molar refractivity (Wildman–Crippen MR) is 179 cm³/mol. The lowest BCUT2D eigenvalue weighted by molar-refractivity contribution is -0.189. The molecule has 7 nitrogen and oxygen atoms in total. The number of ether oxygens (including phenoxy) is 3. The number of rotatable bonds is 11. The minimum atomic E-state index is -1.08. The van der Waals surface area contributed by atoms with Gasteiger partial charge in [0.15, 0.2) is 0 Å². The van der Waals surface area contributed by atoms with Crippen molar-refractivity contribution in [2.75, 3.05) is 45.1 Å². The van der Waals surface area contributed by atoms with Crippen molar-refractivity contribution in [1.29, 1.82) is 0 Å². The molecule has 3 aromatic rings. The van der Waals surface area contributed by atoms with Gasteiger partial charge in [-0.25, -0.2) is 4.98 Å². The van der Waals surface area contributed by atoms with Gasteiger partial charge in [0.25, 0.3) is 0 Å². The highest BCUT2D eigenvalue weighted by molar-refractivity contribution is 8.22. The minimum Gasteiger partial charge on any atom is -0.490 e. The summed E-state index contributed by atoms with van der Waals surface area (Å²) in [6, 6.07) is 9.84. The summed E-state index contributed by atoms with van der Waals surface area (Å²) in [5, 5.41) is 1.05. The molecule has 2 unspecified atom stereocenters. The molecule has 0 N–H and O–H groups in total. The molecule has 232 valence electrons. The topological polar surface area (TPSA) is 52.0 Å². The van der Waals surface area contributed by atoms with Crippen LogP contribution in [0.4, 0.5) is 0 Å². The normalized spacial score (nSPS) is 21.0.